The first-order chi connectivity index (χ1) is 10.6. The Balaban J connectivity index is 0.00000264. The molecule has 1 fully saturated rings. The largest absolute Gasteiger partial charge is 0.378 e. The number of nitrogens with one attached hydrogen (secondary N) is 1. The summed E-state index contributed by atoms with van der Waals surface area (Å²) in [4.78, 5) is 12.3. The van der Waals surface area contributed by atoms with Gasteiger partial charge in [-0.2, -0.15) is 0 Å². The van der Waals surface area contributed by atoms with Gasteiger partial charge in [-0.3, -0.25) is 4.79 Å². The number of carbonyl (C=O) groups is 1. The van der Waals surface area contributed by atoms with Crippen LogP contribution < -0.4 is 11.1 Å². The monoisotopic (exact) mass is 340 g/mol. The molecular weight excluding hydrogens is 312 g/mol. The Morgan fingerprint density at radius 2 is 1.91 bits per heavy atom. The summed E-state index contributed by atoms with van der Waals surface area (Å²) in [5, 5.41) is 2.92. The summed E-state index contributed by atoms with van der Waals surface area (Å²) in [6, 6.07) is 9.47. The van der Waals surface area contributed by atoms with Gasteiger partial charge < -0.3 is 15.8 Å². The first-order valence-electron chi connectivity index (χ1n) is 8.35. The summed E-state index contributed by atoms with van der Waals surface area (Å²) >= 11 is 0. The molecule has 1 aromatic rings. The molecule has 1 unspecified atom stereocenters. The van der Waals surface area contributed by atoms with Crippen molar-refractivity contribution in [1.82, 2.24) is 5.32 Å². The first kappa shape index (κ1) is 19.9. The van der Waals surface area contributed by atoms with E-state index in [-0.39, 0.29) is 18.3 Å². The van der Waals surface area contributed by atoms with E-state index in [1.165, 1.54) is 32.1 Å². The molecule has 23 heavy (non-hydrogen) atoms. The molecule has 0 radical (unpaired) electrons. The quantitative estimate of drug-likeness (QED) is 0.749. The number of benzene rings is 1. The fourth-order valence-corrected chi connectivity index (χ4v) is 2.85. The lowest BCUT2D eigenvalue weighted by atomic mass is 9.92. The Bertz CT molecular complexity index is 459. The van der Waals surface area contributed by atoms with Crippen molar-refractivity contribution in [3.8, 4) is 0 Å². The number of carbonyl (C=O) groups excluding carboxylic acids is 1. The number of rotatable bonds is 7. The van der Waals surface area contributed by atoms with E-state index in [9.17, 15) is 4.79 Å². The summed E-state index contributed by atoms with van der Waals surface area (Å²) in [7, 11) is 0. The zero-order valence-electron chi connectivity index (χ0n) is 13.9. The van der Waals surface area contributed by atoms with E-state index in [0.29, 0.717) is 19.3 Å². The van der Waals surface area contributed by atoms with Crippen LogP contribution in [0, 0.1) is 0 Å². The van der Waals surface area contributed by atoms with Gasteiger partial charge in [-0.1, -0.05) is 49.6 Å². The topological polar surface area (TPSA) is 64.4 Å². The summed E-state index contributed by atoms with van der Waals surface area (Å²) in [6.07, 6.45) is 7.52. The van der Waals surface area contributed by atoms with Crippen LogP contribution >= 0.6 is 12.4 Å². The highest BCUT2D eigenvalue weighted by atomic mass is 35.5. The average molecular weight is 341 g/mol. The second-order valence-electron chi connectivity index (χ2n) is 6.31. The molecule has 1 aliphatic carbocycles. The fourth-order valence-electron chi connectivity index (χ4n) is 2.85. The standard InChI is InChI=1S/C18H28N2O2.ClH/c1-18(19,15-9-4-2-5-10-15)17(21)20-13-8-14-22-16-11-6-3-7-12-16;/h2,4-5,9-10,16H,3,6-8,11-14,19H2,1H3,(H,20,21);1H. The van der Waals surface area contributed by atoms with Crippen molar-refractivity contribution in [3.05, 3.63) is 35.9 Å². The molecule has 0 spiro atoms. The maximum atomic E-state index is 12.3. The molecule has 1 amide bonds. The third kappa shape index (κ3) is 6.13. The van der Waals surface area contributed by atoms with Crippen molar-refractivity contribution in [2.75, 3.05) is 13.2 Å². The van der Waals surface area contributed by atoms with Gasteiger partial charge >= 0.3 is 0 Å². The first-order valence-corrected chi connectivity index (χ1v) is 8.35. The molecule has 1 aliphatic rings. The van der Waals surface area contributed by atoms with Crippen LogP contribution in [0.2, 0.25) is 0 Å². The van der Waals surface area contributed by atoms with Crippen LogP contribution in [0.3, 0.4) is 0 Å². The highest BCUT2D eigenvalue weighted by Gasteiger charge is 2.29. The van der Waals surface area contributed by atoms with Crippen molar-refractivity contribution in [1.29, 1.82) is 0 Å². The van der Waals surface area contributed by atoms with Gasteiger partial charge in [-0.05, 0) is 31.7 Å². The van der Waals surface area contributed by atoms with Crippen molar-refractivity contribution in [2.24, 2.45) is 5.73 Å². The summed E-state index contributed by atoms with van der Waals surface area (Å²) in [5.41, 5.74) is 6.00. The maximum absolute atomic E-state index is 12.3. The van der Waals surface area contributed by atoms with Crippen LogP contribution in [-0.4, -0.2) is 25.2 Å². The summed E-state index contributed by atoms with van der Waals surface area (Å²) in [5.74, 6) is -0.142. The van der Waals surface area contributed by atoms with Gasteiger partial charge in [0.25, 0.3) is 0 Å². The third-order valence-electron chi connectivity index (χ3n) is 4.36. The third-order valence-corrected chi connectivity index (χ3v) is 4.36. The van der Waals surface area contributed by atoms with Crippen LogP contribution in [0.1, 0.15) is 51.0 Å². The van der Waals surface area contributed by atoms with Crippen molar-refractivity contribution in [2.45, 2.75) is 57.1 Å². The van der Waals surface area contributed by atoms with Gasteiger partial charge in [0, 0.05) is 13.2 Å². The number of halogens is 1. The van der Waals surface area contributed by atoms with Crippen LogP contribution in [0.5, 0.6) is 0 Å². The Morgan fingerprint density at radius 1 is 1.26 bits per heavy atom. The lowest BCUT2D eigenvalue weighted by molar-refractivity contribution is -0.126. The number of nitrogens with two attached hydrogens (primary N) is 1. The molecule has 2 rings (SSSR count). The van der Waals surface area contributed by atoms with E-state index >= 15 is 0 Å². The van der Waals surface area contributed by atoms with E-state index in [4.69, 9.17) is 10.5 Å². The average Bonchev–Trinajstić information content (AvgIpc) is 2.56. The molecule has 1 saturated carbocycles. The molecule has 0 aliphatic heterocycles. The highest BCUT2D eigenvalue weighted by Crippen LogP contribution is 2.20. The molecule has 0 heterocycles. The smallest absolute Gasteiger partial charge is 0.244 e. The van der Waals surface area contributed by atoms with E-state index in [0.717, 1.165) is 12.0 Å². The van der Waals surface area contributed by atoms with Crippen molar-refractivity contribution < 1.29 is 9.53 Å². The van der Waals surface area contributed by atoms with Gasteiger partial charge in [0.15, 0.2) is 0 Å². The van der Waals surface area contributed by atoms with Gasteiger partial charge in [0.2, 0.25) is 5.91 Å². The number of hydrogen-bond donors (Lipinski definition) is 2. The van der Waals surface area contributed by atoms with Crippen LogP contribution in [0.4, 0.5) is 0 Å². The second-order valence-corrected chi connectivity index (χ2v) is 6.31. The Morgan fingerprint density at radius 3 is 2.57 bits per heavy atom. The second kappa shape index (κ2) is 9.91. The maximum Gasteiger partial charge on any atom is 0.244 e. The summed E-state index contributed by atoms with van der Waals surface area (Å²) in [6.45, 7) is 3.05. The predicted octanol–water partition coefficient (Wildman–Crippen LogP) is 3.14. The minimum Gasteiger partial charge on any atom is -0.378 e. The number of amides is 1. The molecule has 4 nitrogen and oxygen atoms in total. The lowest BCUT2D eigenvalue weighted by Gasteiger charge is -2.24. The molecule has 130 valence electrons. The minimum absolute atomic E-state index is 0. The zero-order chi connectivity index (χ0) is 15.8. The molecule has 3 N–H and O–H groups in total. The fraction of sp³-hybridized carbons (Fsp3) is 0.611. The van der Waals surface area contributed by atoms with E-state index in [2.05, 4.69) is 5.32 Å². The normalized spacial score (nSPS) is 17.8. The zero-order valence-corrected chi connectivity index (χ0v) is 14.7. The molecule has 0 saturated heterocycles. The van der Waals surface area contributed by atoms with Crippen LogP contribution in [0.25, 0.3) is 0 Å². The van der Waals surface area contributed by atoms with Gasteiger partial charge in [0.05, 0.1) is 6.10 Å². The lowest BCUT2D eigenvalue weighted by Crippen LogP contribution is -2.49. The van der Waals surface area contributed by atoms with Gasteiger partial charge in [0.1, 0.15) is 5.54 Å². The molecule has 0 aromatic heterocycles. The molecule has 1 atom stereocenters. The SMILES string of the molecule is CC(N)(C(=O)NCCCOC1CCCCC1)c1ccccc1.Cl. The van der Waals surface area contributed by atoms with E-state index < -0.39 is 5.54 Å². The Labute approximate surface area is 145 Å². The van der Waals surface area contributed by atoms with Crippen molar-refractivity contribution >= 4 is 18.3 Å². The molecule has 5 heteroatoms. The van der Waals surface area contributed by atoms with E-state index in [1.807, 2.05) is 30.3 Å². The number of hydrogen-bond acceptors (Lipinski definition) is 3. The highest BCUT2D eigenvalue weighted by molar-refractivity contribution is 5.86. The molecule has 1 aromatic carbocycles. The molecule has 0 bridgehead atoms. The number of ether oxygens (including phenoxy) is 1. The van der Waals surface area contributed by atoms with Gasteiger partial charge in [-0.25, -0.2) is 0 Å². The van der Waals surface area contributed by atoms with Crippen molar-refractivity contribution in [3.63, 3.8) is 0 Å². The minimum atomic E-state index is -0.995. The van der Waals surface area contributed by atoms with Crippen LogP contribution in [-0.2, 0) is 15.1 Å². The van der Waals surface area contributed by atoms with Crippen LogP contribution in [0.15, 0.2) is 30.3 Å². The molecular formula is C18H29ClN2O2. The summed E-state index contributed by atoms with van der Waals surface area (Å²) < 4.78 is 5.85. The van der Waals surface area contributed by atoms with E-state index in [1.54, 1.807) is 6.92 Å². The van der Waals surface area contributed by atoms with Gasteiger partial charge in [-0.15, -0.1) is 12.4 Å². The Hall–Kier alpha value is -1.10. The predicted molar refractivity (Wildman–Crippen MR) is 95.7 cm³/mol. The Kier molecular flexibility index (Phi) is 8.59.